The Morgan fingerprint density at radius 1 is 1.12 bits per heavy atom. The lowest BCUT2D eigenvalue weighted by molar-refractivity contribution is 0.416. The molecule has 0 spiro atoms. The third-order valence-corrected chi connectivity index (χ3v) is 4.07. The van der Waals surface area contributed by atoms with Crippen LogP contribution in [0.1, 0.15) is 37.4 Å². The Labute approximate surface area is 148 Å². The summed E-state index contributed by atoms with van der Waals surface area (Å²) in [5.74, 6) is 2.04. The third-order valence-electron chi connectivity index (χ3n) is 3.66. The molecule has 0 amide bonds. The Balaban J connectivity index is 2.17. The van der Waals surface area contributed by atoms with Crippen LogP contribution in [0.3, 0.4) is 0 Å². The summed E-state index contributed by atoms with van der Waals surface area (Å²) in [6.45, 7) is 6.97. The van der Waals surface area contributed by atoms with Crippen LogP contribution in [0.2, 0.25) is 5.02 Å². The number of rotatable bonds is 8. The second kappa shape index (κ2) is 8.73. The monoisotopic (exact) mass is 348 g/mol. The van der Waals surface area contributed by atoms with Crippen molar-refractivity contribution in [2.24, 2.45) is 0 Å². The van der Waals surface area contributed by atoms with Crippen LogP contribution in [0, 0.1) is 13.8 Å². The first-order chi connectivity index (χ1) is 11.5. The molecule has 2 aromatic rings. The van der Waals surface area contributed by atoms with E-state index in [1.54, 1.807) is 13.2 Å². The highest BCUT2D eigenvalue weighted by Crippen LogP contribution is 2.32. The SMILES string of the molecule is CCCCCNc1nc(C)cc(Nc2cc(C)c(Cl)cc2OC)n1. The lowest BCUT2D eigenvalue weighted by Crippen LogP contribution is -2.08. The van der Waals surface area contributed by atoms with Gasteiger partial charge in [0.15, 0.2) is 0 Å². The van der Waals surface area contributed by atoms with Gasteiger partial charge in [-0.25, -0.2) is 4.98 Å². The summed E-state index contributed by atoms with van der Waals surface area (Å²) >= 11 is 6.16. The number of ether oxygens (including phenoxy) is 1. The molecule has 2 rings (SSSR count). The van der Waals surface area contributed by atoms with Crippen LogP contribution in [0.5, 0.6) is 5.75 Å². The fraction of sp³-hybridized carbons (Fsp3) is 0.444. The van der Waals surface area contributed by atoms with Gasteiger partial charge in [0.1, 0.15) is 11.6 Å². The van der Waals surface area contributed by atoms with E-state index < -0.39 is 0 Å². The van der Waals surface area contributed by atoms with Crippen LogP contribution < -0.4 is 15.4 Å². The maximum Gasteiger partial charge on any atom is 0.224 e. The van der Waals surface area contributed by atoms with Crippen molar-refractivity contribution in [2.75, 3.05) is 24.3 Å². The molecule has 0 radical (unpaired) electrons. The Morgan fingerprint density at radius 3 is 2.62 bits per heavy atom. The van der Waals surface area contributed by atoms with Crippen LogP contribution in [-0.4, -0.2) is 23.6 Å². The molecule has 0 aliphatic heterocycles. The van der Waals surface area contributed by atoms with Gasteiger partial charge in [-0.3, -0.25) is 0 Å². The Hall–Kier alpha value is -2.01. The van der Waals surface area contributed by atoms with E-state index in [1.165, 1.54) is 12.8 Å². The van der Waals surface area contributed by atoms with Gasteiger partial charge >= 0.3 is 0 Å². The standard InChI is InChI=1S/C18H25ClN4O/c1-5-6-7-8-20-18-21-13(3)10-17(23-18)22-15-9-12(2)14(19)11-16(15)24-4/h9-11H,5-8H2,1-4H3,(H2,20,21,22,23). The van der Waals surface area contributed by atoms with Crippen molar-refractivity contribution < 1.29 is 4.74 Å². The van der Waals surface area contributed by atoms with Gasteiger partial charge in [-0.1, -0.05) is 31.4 Å². The number of hydrogen-bond donors (Lipinski definition) is 2. The van der Waals surface area contributed by atoms with Crippen molar-refractivity contribution in [2.45, 2.75) is 40.0 Å². The molecule has 130 valence electrons. The van der Waals surface area contributed by atoms with E-state index in [4.69, 9.17) is 16.3 Å². The number of methoxy groups -OCH3 is 1. The Bertz CT molecular complexity index is 691. The number of unbranched alkanes of at least 4 members (excludes halogenated alkanes) is 2. The zero-order valence-electron chi connectivity index (χ0n) is 14.7. The number of halogens is 1. The molecule has 24 heavy (non-hydrogen) atoms. The Morgan fingerprint density at radius 2 is 1.92 bits per heavy atom. The number of benzene rings is 1. The first kappa shape index (κ1) is 18.3. The quantitative estimate of drug-likeness (QED) is 0.650. The molecule has 0 atom stereocenters. The normalized spacial score (nSPS) is 10.5. The summed E-state index contributed by atoms with van der Waals surface area (Å²) in [6.07, 6.45) is 3.50. The number of aromatic nitrogens is 2. The van der Waals surface area contributed by atoms with Gasteiger partial charge in [0.2, 0.25) is 5.95 Å². The molecule has 0 saturated heterocycles. The molecule has 0 unspecified atom stereocenters. The van der Waals surface area contributed by atoms with Crippen LogP contribution >= 0.6 is 11.6 Å². The molecule has 5 nitrogen and oxygen atoms in total. The molecule has 2 N–H and O–H groups in total. The molecule has 0 fully saturated rings. The van der Waals surface area contributed by atoms with Gasteiger partial charge in [-0.15, -0.1) is 0 Å². The van der Waals surface area contributed by atoms with Gasteiger partial charge in [-0.2, -0.15) is 4.98 Å². The topological polar surface area (TPSA) is 59.1 Å². The molecule has 1 aromatic heterocycles. The van der Waals surface area contributed by atoms with E-state index in [2.05, 4.69) is 27.5 Å². The number of hydrogen-bond acceptors (Lipinski definition) is 5. The first-order valence-electron chi connectivity index (χ1n) is 8.24. The van der Waals surface area contributed by atoms with E-state index >= 15 is 0 Å². The molecule has 0 saturated carbocycles. The summed E-state index contributed by atoms with van der Waals surface area (Å²) in [6, 6.07) is 5.66. The molecular formula is C18H25ClN4O. The largest absolute Gasteiger partial charge is 0.495 e. The van der Waals surface area contributed by atoms with Crippen molar-refractivity contribution >= 4 is 29.1 Å². The maximum absolute atomic E-state index is 6.16. The summed E-state index contributed by atoms with van der Waals surface area (Å²) in [5, 5.41) is 7.26. The number of aryl methyl sites for hydroxylation is 2. The van der Waals surface area contributed by atoms with Crippen molar-refractivity contribution in [3.05, 3.63) is 34.5 Å². The predicted octanol–water partition coefficient (Wildman–Crippen LogP) is 5.10. The lowest BCUT2D eigenvalue weighted by atomic mass is 10.2. The molecule has 6 heteroatoms. The third kappa shape index (κ3) is 4.99. The van der Waals surface area contributed by atoms with Crippen molar-refractivity contribution in [3.8, 4) is 5.75 Å². The van der Waals surface area contributed by atoms with Gasteiger partial charge in [0, 0.05) is 29.4 Å². The van der Waals surface area contributed by atoms with Gasteiger partial charge in [0.05, 0.1) is 12.8 Å². The fourth-order valence-corrected chi connectivity index (χ4v) is 2.51. The summed E-state index contributed by atoms with van der Waals surface area (Å²) < 4.78 is 5.40. The minimum atomic E-state index is 0.637. The average Bonchev–Trinajstić information content (AvgIpc) is 2.54. The van der Waals surface area contributed by atoms with Gasteiger partial charge in [-0.05, 0) is 31.9 Å². The number of nitrogens with zero attached hydrogens (tertiary/aromatic N) is 2. The maximum atomic E-state index is 6.16. The molecule has 1 heterocycles. The van der Waals surface area contributed by atoms with Crippen molar-refractivity contribution in [1.29, 1.82) is 0 Å². The van der Waals surface area contributed by atoms with E-state index in [1.807, 2.05) is 26.0 Å². The molecule has 0 aliphatic rings. The van der Waals surface area contributed by atoms with Crippen LogP contribution in [0.25, 0.3) is 0 Å². The summed E-state index contributed by atoms with van der Waals surface area (Å²) in [7, 11) is 1.62. The van der Waals surface area contributed by atoms with Crippen LogP contribution in [0.4, 0.5) is 17.5 Å². The highest BCUT2D eigenvalue weighted by atomic mass is 35.5. The van der Waals surface area contributed by atoms with Crippen LogP contribution in [0.15, 0.2) is 18.2 Å². The van der Waals surface area contributed by atoms with Crippen LogP contribution in [-0.2, 0) is 0 Å². The molecule has 1 aromatic carbocycles. The molecular weight excluding hydrogens is 324 g/mol. The highest BCUT2D eigenvalue weighted by Gasteiger charge is 2.09. The fourth-order valence-electron chi connectivity index (χ4n) is 2.35. The van der Waals surface area contributed by atoms with Crippen molar-refractivity contribution in [1.82, 2.24) is 9.97 Å². The second-order valence-corrected chi connectivity index (χ2v) is 6.19. The minimum absolute atomic E-state index is 0.637. The number of nitrogens with one attached hydrogen (secondary N) is 2. The summed E-state index contributed by atoms with van der Waals surface area (Å²) in [5.41, 5.74) is 2.70. The van der Waals surface area contributed by atoms with Crippen molar-refractivity contribution in [3.63, 3.8) is 0 Å². The highest BCUT2D eigenvalue weighted by molar-refractivity contribution is 6.31. The zero-order valence-corrected chi connectivity index (χ0v) is 15.5. The smallest absolute Gasteiger partial charge is 0.224 e. The first-order valence-corrected chi connectivity index (χ1v) is 8.62. The Kier molecular flexibility index (Phi) is 6.67. The molecule has 0 aliphatic carbocycles. The van der Waals surface area contributed by atoms with Gasteiger partial charge < -0.3 is 15.4 Å². The van der Waals surface area contributed by atoms with Gasteiger partial charge in [0.25, 0.3) is 0 Å². The predicted molar refractivity (Wildman–Crippen MR) is 101 cm³/mol. The van der Waals surface area contributed by atoms with E-state index in [0.717, 1.165) is 35.7 Å². The minimum Gasteiger partial charge on any atom is -0.495 e. The van der Waals surface area contributed by atoms with E-state index in [0.29, 0.717) is 16.7 Å². The summed E-state index contributed by atoms with van der Waals surface area (Å²) in [4.78, 5) is 8.96. The zero-order chi connectivity index (χ0) is 17.5. The molecule has 0 bridgehead atoms. The average molecular weight is 349 g/mol. The van der Waals surface area contributed by atoms with E-state index in [-0.39, 0.29) is 0 Å². The second-order valence-electron chi connectivity index (χ2n) is 5.78. The van der Waals surface area contributed by atoms with E-state index in [9.17, 15) is 0 Å². The number of anilines is 3. The lowest BCUT2D eigenvalue weighted by Gasteiger charge is -2.14.